The second-order valence-corrected chi connectivity index (χ2v) is 7.55. The maximum absolute atomic E-state index is 12.1. The fraction of sp³-hybridized carbons (Fsp3) is 0.312. The maximum atomic E-state index is 12.1. The number of fused-ring (bicyclic) bond motifs is 1. The van der Waals surface area contributed by atoms with Crippen LogP contribution in [0.1, 0.15) is 33.1 Å². The van der Waals surface area contributed by atoms with E-state index in [-0.39, 0.29) is 5.56 Å². The smallest absolute Gasteiger partial charge is 0.267 e. The van der Waals surface area contributed by atoms with Gasteiger partial charge >= 0.3 is 0 Å². The van der Waals surface area contributed by atoms with Crippen LogP contribution in [0.25, 0.3) is 4.96 Å². The van der Waals surface area contributed by atoms with E-state index in [1.807, 2.05) is 27.7 Å². The lowest BCUT2D eigenvalue weighted by Gasteiger charge is -2.10. The summed E-state index contributed by atoms with van der Waals surface area (Å²) in [7, 11) is 0. The summed E-state index contributed by atoms with van der Waals surface area (Å²) in [4.78, 5) is 21.7. The van der Waals surface area contributed by atoms with Gasteiger partial charge in [-0.15, -0.1) is 0 Å². The Morgan fingerprint density at radius 3 is 2.71 bits per heavy atom. The van der Waals surface area contributed by atoms with Crippen molar-refractivity contribution < 1.29 is 0 Å². The van der Waals surface area contributed by atoms with Crippen molar-refractivity contribution >= 4 is 28.1 Å². The van der Waals surface area contributed by atoms with Crippen molar-refractivity contribution in [3.63, 3.8) is 0 Å². The molecule has 0 fully saturated rings. The Labute approximate surface area is 147 Å². The van der Waals surface area contributed by atoms with Crippen molar-refractivity contribution in [1.82, 2.24) is 19.6 Å². The minimum Gasteiger partial charge on any atom is -0.267 e. The molecule has 8 heteroatoms. The highest BCUT2D eigenvalue weighted by molar-refractivity contribution is 7.98. The molecule has 3 heterocycles. The number of nitriles is 1. The van der Waals surface area contributed by atoms with Gasteiger partial charge in [0.15, 0.2) is 0 Å². The van der Waals surface area contributed by atoms with Gasteiger partial charge in [0.2, 0.25) is 4.96 Å². The summed E-state index contributed by atoms with van der Waals surface area (Å²) in [6, 6.07) is 3.72. The van der Waals surface area contributed by atoms with Crippen LogP contribution in [0.2, 0.25) is 0 Å². The summed E-state index contributed by atoms with van der Waals surface area (Å²) in [5.41, 5.74) is 3.97. The molecule has 0 bridgehead atoms. The van der Waals surface area contributed by atoms with Crippen molar-refractivity contribution in [3.05, 3.63) is 49.5 Å². The topological polar surface area (TPSA) is 83.9 Å². The molecule has 0 aromatic carbocycles. The predicted octanol–water partition coefficient (Wildman–Crippen LogP) is 2.94. The highest BCUT2D eigenvalue weighted by Crippen LogP contribution is 2.28. The lowest BCUT2D eigenvalue weighted by atomic mass is 10.1. The van der Waals surface area contributed by atoms with E-state index in [9.17, 15) is 10.1 Å². The summed E-state index contributed by atoms with van der Waals surface area (Å²) < 4.78 is 1.31. The first kappa shape index (κ1) is 16.6. The van der Waals surface area contributed by atoms with E-state index < -0.39 is 0 Å². The molecule has 0 saturated heterocycles. The molecule has 122 valence electrons. The molecule has 0 N–H and O–H groups in total. The lowest BCUT2D eigenvalue weighted by Crippen LogP contribution is -2.15. The van der Waals surface area contributed by atoms with E-state index >= 15 is 0 Å². The van der Waals surface area contributed by atoms with Crippen LogP contribution < -0.4 is 5.56 Å². The van der Waals surface area contributed by atoms with Crippen molar-refractivity contribution in [3.8, 4) is 6.07 Å². The Kier molecular flexibility index (Phi) is 4.39. The number of nitrogens with zero attached hydrogens (tertiary/aromatic N) is 5. The number of hydrogen-bond acceptors (Lipinski definition) is 7. The van der Waals surface area contributed by atoms with Gasteiger partial charge in [0.05, 0.1) is 11.3 Å². The van der Waals surface area contributed by atoms with Crippen molar-refractivity contribution in [2.24, 2.45) is 0 Å². The zero-order valence-electron chi connectivity index (χ0n) is 13.7. The fourth-order valence-corrected chi connectivity index (χ4v) is 4.06. The molecule has 0 aliphatic carbocycles. The summed E-state index contributed by atoms with van der Waals surface area (Å²) >= 11 is 2.81. The number of aryl methyl sites for hydroxylation is 2. The average molecular weight is 357 g/mol. The average Bonchev–Trinajstić information content (AvgIpc) is 2.92. The van der Waals surface area contributed by atoms with Gasteiger partial charge in [0, 0.05) is 17.5 Å². The summed E-state index contributed by atoms with van der Waals surface area (Å²) in [6.45, 7) is 7.68. The van der Waals surface area contributed by atoms with Gasteiger partial charge in [-0.25, -0.2) is 9.97 Å². The zero-order valence-corrected chi connectivity index (χ0v) is 15.4. The fourth-order valence-electron chi connectivity index (χ4n) is 2.32. The first-order valence-electron chi connectivity index (χ1n) is 7.27. The van der Waals surface area contributed by atoms with Crippen LogP contribution in [0.5, 0.6) is 0 Å². The van der Waals surface area contributed by atoms with Crippen molar-refractivity contribution in [2.75, 3.05) is 0 Å². The van der Waals surface area contributed by atoms with Gasteiger partial charge in [-0.2, -0.15) is 14.9 Å². The monoisotopic (exact) mass is 357 g/mol. The molecule has 0 spiro atoms. The number of pyridine rings is 1. The van der Waals surface area contributed by atoms with Crippen molar-refractivity contribution in [2.45, 2.75) is 38.5 Å². The van der Waals surface area contributed by atoms with Crippen LogP contribution >= 0.6 is 23.1 Å². The first-order chi connectivity index (χ1) is 11.4. The second kappa shape index (κ2) is 6.34. The third-order valence-electron chi connectivity index (χ3n) is 3.83. The maximum Gasteiger partial charge on any atom is 0.275 e. The van der Waals surface area contributed by atoms with Gasteiger partial charge in [-0.1, -0.05) is 23.1 Å². The number of hydrogen-bond donors (Lipinski definition) is 0. The molecule has 0 radical (unpaired) electrons. The van der Waals surface area contributed by atoms with Gasteiger partial charge in [-0.3, -0.25) is 4.79 Å². The highest BCUT2D eigenvalue weighted by atomic mass is 32.2. The summed E-state index contributed by atoms with van der Waals surface area (Å²) in [5, 5.41) is 15.0. The van der Waals surface area contributed by atoms with Gasteiger partial charge in [0.25, 0.3) is 5.56 Å². The Hall–Kier alpha value is -2.24. The molecule has 3 aromatic rings. The van der Waals surface area contributed by atoms with E-state index in [2.05, 4.69) is 21.1 Å². The molecule has 0 aliphatic rings. The van der Waals surface area contributed by atoms with Crippen LogP contribution in [-0.2, 0) is 5.75 Å². The molecular formula is C16H15N5OS2. The van der Waals surface area contributed by atoms with Crippen molar-refractivity contribution in [1.29, 1.82) is 5.26 Å². The molecule has 0 amide bonds. The van der Waals surface area contributed by atoms with Crippen LogP contribution in [0.3, 0.4) is 0 Å². The molecule has 3 aromatic heterocycles. The third-order valence-corrected chi connectivity index (χ3v) is 5.66. The van der Waals surface area contributed by atoms with E-state index in [0.717, 1.165) is 21.8 Å². The van der Waals surface area contributed by atoms with Gasteiger partial charge in [-0.05, 0) is 38.8 Å². The van der Waals surface area contributed by atoms with E-state index in [1.165, 1.54) is 33.7 Å². The first-order valence-corrected chi connectivity index (χ1v) is 9.08. The molecule has 0 aliphatic heterocycles. The van der Waals surface area contributed by atoms with Gasteiger partial charge < -0.3 is 0 Å². The second-order valence-electron chi connectivity index (χ2n) is 5.43. The number of aromatic nitrogens is 4. The van der Waals surface area contributed by atoms with Crippen LogP contribution in [0.4, 0.5) is 0 Å². The third kappa shape index (κ3) is 2.92. The van der Waals surface area contributed by atoms with Gasteiger partial charge in [0.1, 0.15) is 16.1 Å². The van der Waals surface area contributed by atoms with Crippen LogP contribution in [-0.4, -0.2) is 19.6 Å². The lowest BCUT2D eigenvalue weighted by molar-refractivity contribution is 0.871. The molecular weight excluding hydrogens is 342 g/mol. The zero-order chi connectivity index (χ0) is 17.4. The minimum absolute atomic E-state index is 0.190. The van der Waals surface area contributed by atoms with E-state index in [1.54, 1.807) is 0 Å². The molecule has 0 saturated carbocycles. The quantitative estimate of drug-likeness (QED) is 0.670. The largest absolute Gasteiger partial charge is 0.275 e. The standard InChI is InChI=1S/C16H15N5OS2/c1-8-9(2)13(6-17)15(18-10(8)3)23-7-12-5-14(22)21-16(19-12)24-11(4)20-21/h5H,7H2,1-4H3. The molecule has 0 unspecified atom stereocenters. The summed E-state index contributed by atoms with van der Waals surface area (Å²) in [5.74, 6) is 0.478. The van der Waals surface area contributed by atoms with E-state index in [4.69, 9.17) is 0 Å². The number of rotatable bonds is 3. The molecule has 3 rings (SSSR count). The molecule has 0 atom stereocenters. The molecule has 24 heavy (non-hydrogen) atoms. The Morgan fingerprint density at radius 2 is 2.00 bits per heavy atom. The molecule has 6 nitrogen and oxygen atoms in total. The van der Waals surface area contributed by atoms with E-state index in [0.29, 0.717) is 27.0 Å². The highest BCUT2D eigenvalue weighted by Gasteiger charge is 2.14. The van der Waals surface area contributed by atoms with Crippen LogP contribution in [0, 0.1) is 39.0 Å². The predicted molar refractivity (Wildman–Crippen MR) is 94.6 cm³/mol. The SMILES string of the molecule is Cc1nn2c(=O)cc(CSc3nc(C)c(C)c(C)c3C#N)nc2s1. The summed E-state index contributed by atoms with van der Waals surface area (Å²) in [6.07, 6.45) is 0. The van der Waals surface area contributed by atoms with Crippen LogP contribution in [0.15, 0.2) is 15.9 Å². The Morgan fingerprint density at radius 1 is 1.25 bits per heavy atom. The number of thioether (sulfide) groups is 1. The Balaban J connectivity index is 1.94. The normalized spacial score (nSPS) is 11.0. The minimum atomic E-state index is -0.190. The Bertz CT molecular complexity index is 1050.